The summed E-state index contributed by atoms with van der Waals surface area (Å²) >= 11 is 6.18. The number of rotatable bonds is 3. The van der Waals surface area contributed by atoms with Crippen molar-refractivity contribution in [1.82, 2.24) is 14.5 Å². The molecule has 0 atom stereocenters. The van der Waals surface area contributed by atoms with Gasteiger partial charge in [-0.2, -0.15) is 0 Å². The maximum Gasteiger partial charge on any atom is 0.275 e. The molecule has 0 fully saturated rings. The molecule has 4 aromatic rings. The Morgan fingerprint density at radius 2 is 1.88 bits per heavy atom. The molecular formula is C19H19Cl2N3O. The molecule has 0 amide bonds. The Morgan fingerprint density at radius 3 is 2.64 bits per heavy atom. The van der Waals surface area contributed by atoms with Crippen molar-refractivity contribution < 1.29 is 0 Å². The number of H-pyrrole nitrogens is 1. The molecule has 2 heterocycles. The highest BCUT2D eigenvalue weighted by molar-refractivity contribution is 6.32. The van der Waals surface area contributed by atoms with Crippen LogP contribution >= 0.6 is 24.0 Å². The molecule has 25 heavy (non-hydrogen) atoms. The highest BCUT2D eigenvalue weighted by Gasteiger charge is 2.15. The van der Waals surface area contributed by atoms with Crippen LogP contribution in [0.2, 0.25) is 5.02 Å². The third-order valence-corrected chi connectivity index (χ3v) is 4.69. The summed E-state index contributed by atoms with van der Waals surface area (Å²) in [5.41, 5.74) is 2.54. The molecule has 1 N–H and O–H groups in total. The maximum atomic E-state index is 13.1. The van der Waals surface area contributed by atoms with Crippen LogP contribution < -0.4 is 5.56 Å². The van der Waals surface area contributed by atoms with E-state index in [0.717, 1.165) is 33.7 Å². The van der Waals surface area contributed by atoms with Crippen LogP contribution in [0.5, 0.6) is 0 Å². The number of hydrogen-bond acceptors (Lipinski definition) is 2. The number of benzene rings is 2. The van der Waals surface area contributed by atoms with Gasteiger partial charge in [0.1, 0.15) is 5.52 Å². The van der Waals surface area contributed by atoms with Crippen molar-refractivity contribution in [3.8, 4) is 0 Å². The topological polar surface area (TPSA) is 41.0 Å². The molecule has 0 aliphatic rings. The second-order valence-corrected chi connectivity index (χ2v) is 6.78. The van der Waals surface area contributed by atoms with Gasteiger partial charge >= 0.3 is 0 Å². The Kier molecular flexibility index (Phi) is 4.78. The molecule has 2 aromatic carbocycles. The Balaban J connectivity index is 0.00000182. The first-order valence-corrected chi connectivity index (χ1v) is 8.31. The largest absolute Gasteiger partial charge is 0.350 e. The molecule has 0 saturated carbocycles. The van der Waals surface area contributed by atoms with Crippen molar-refractivity contribution in [2.24, 2.45) is 0 Å². The first-order chi connectivity index (χ1) is 11.6. The van der Waals surface area contributed by atoms with Crippen molar-refractivity contribution in [3.63, 3.8) is 0 Å². The molecule has 0 spiro atoms. The summed E-state index contributed by atoms with van der Waals surface area (Å²) in [4.78, 5) is 18.5. The fourth-order valence-electron chi connectivity index (χ4n) is 3.29. The predicted molar refractivity (Wildman–Crippen MR) is 108 cm³/mol. The predicted octanol–water partition coefficient (Wildman–Crippen LogP) is 4.27. The highest BCUT2D eigenvalue weighted by atomic mass is 35.5. The van der Waals surface area contributed by atoms with Crippen LogP contribution in [-0.4, -0.2) is 35.1 Å². The third-order valence-electron chi connectivity index (χ3n) is 4.45. The van der Waals surface area contributed by atoms with Crippen LogP contribution in [0.25, 0.3) is 32.7 Å². The molecule has 0 unspecified atom stereocenters. The van der Waals surface area contributed by atoms with E-state index in [9.17, 15) is 4.79 Å². The summed E-state index contributed by atoms with van der Waals surface area (Å²) in [6, 6.07) is 13.7. The lowest BCUT2D eigenvalue weighted by molar-refractivity contribution is 0.384. The summed E-state index contributed by atoms with van der Waals surface area (Å²) in [5.74, 6) is 0. The number of likely N-dealkylation sites (N-methyl/N-ethyl adjacent to an activating group) is 1. The van der Waals surface area contributed by atoms with Gasteiger partial charge in [-0.15, -0.1) is 12.4 Å². The summed E-state index contributed by atoms with van der Waals surface area (Å²) in [6.07, 6.45) is 0. The lowest BCUT2D eigenvalue weighted by Crippen LogP contribution is -2.27. The molecule has 4 nitrogen and oxygen atoms in total. The van der Waals surface area contributed by atoms with Crippen molar-refractivity contribution in [2.75, 3.05) is 20.6 Å². The minimum absolute atomic E-state index is 0. The molecule has 2 aromatic heterocycles. The molecule has 0 bridgehead atoms. The fourth-order valence-corrected chi connectivity index (χ4v) is 3.46. The van der Waals surface area contributed by atoms with Crippen molar-refractivity contribution >= 4 is 56.7 Å². The second-order valence-electron chi connectivity index (χ2n) is 6.34. The van der Waals surface area contributed by atoms with Crippen LogP contribution in [-0.2, 0) is 6.54 Å². The van der Waals surface area contributed by atoms with Gasteiger partial charge < -0.3 is 14.5 Å². The zero-order chi connectivity index (χ0) is 16.8. The summed E-state index contributed by atoms with van der Waals surface area (Å²) < 4.78 is 1.86. The van der Waals surface area contributed by atoms with E-state index in [2.05, 4.69) is 16.0 Å². The minimum Gasteiger partial charge on any atom is -0.350 e. The van der Waals surface area contributed by atoms with E-state index in [4.69, 9.17) is 11.6 Å². The first-order valence-electron chi connectivity index (χ1n) is 7.93. The molecule has 0 aliphatic carbocycles. The van der Waals surface area contributed by atoms with Crippen LogP contribution in [0.15, 0.2) is 47.3 Å². The Bertz CT molecular complexity index is 1130. The van der Waals surface area contributed by atoms with E-state index in [0.29, 0.717) is 17.1 Å². The highest BCUT2D eigenvalue weighted by Crippen LogP contribution is 2.31. The Hall–Kier alpha value is -2.01. The summed E-state index contributed by atoms with van der Waals surface area (Å²) in [6.45, 7) is 1.46. The van der Waals surface area contributed by atoms with Crippen LogP contribution in [0.3, 0.4) is 0 Å². The number of hydrogen-bond donors (Lipinski definition) is 1. The number of fused-ring (bicyclic) bond motifs is 5. The Morgan fingerprint density at radius 1 is 1.12 bits per heavy atom. The molecule has 0 aliphatic heterocycles. The van der Waals surface area contributed by atoms with Crippen LogP contribution in [0, 0.1) is 0 Å². The minimum atomic E-state index is 0. The van der Waals surface area contributed by atoms with Gasteiger partial charge in [-0.25, -0.2) is 0 Å². The number of aromatic amines is 1. The second kappa shape index (κ2) is 6.71. The fraction of sp³-hybridized carbons (Fsp3) is 0.211. The smallest absolute Gasteiger partial charge is 0.275 e. The molecular weight excluding hydrogens is 357 g/mol. The van der Waals surface area contributed by atoms with Gasteiger partial charge in [0.05, 0.1) is 5.52 Å². The average molecular weight is 376 g/mol. The summed E-state index contributed by atoms with van der Waals surface area (Å²) in [5, 5.41) is 3.68. The van der Waals surface area contributed by atoms with Crippen LogP contribution in [0.1, 0.15) is 0 Å². The average Bonchev–Trinajstić information content (AvgIpc) is 2.93. The standard InChI is InChI=1S/C19H18ClN3O.ClH/c1-22(2)9-10-23-16-6-4-3-5-13(16)17-14-11-12(20)7-8-15(14)21-18(17)19(23)24;/h3-8,11,21H,9-10H2,1-2H3;1H. The zero-order valence-electron chi connectivity index (χ0n) is 14.0. The lowest BCUT2D eigenvalue weighted by Gasteiger charge is -2.14. The first kappa shape index (κ1) is 17.8. The molecule has 0 radical (unpaired) electrons. The van der Waals surface area contributed by atoms with E-state index < -0.39 is 0 Å². The van der Waals surface area contributed by atoms with Gasteiger partial charge in [-0.3, -0.25) is 4.79 Å². The number of pyridine rings is 1. The monoisotopic (exact) mass is 375 g/mol. The Labute approximate surface area is 156 Å². The third kappa shape index (κ3) is 2.91. The number of aromatic nitrogens is 2. The van der Waals surface area contributed by atoms with E-state index in [1.165, 1.54) is 0 Å². The van der Waals surface area contributed by atoms with Crippen LogP contribution in [0.4, 0.5) is 0 Å². The van der Waals surface area contributed by atoms with E-state index in [1.807, 2.05) is 55.1 Å². The van der Waals surface area contributed by atoms with Gasteiger partial charge in [0.15, 0.2) is 0 Å². The van der Waals surface area contributed by atoms with Crippen molar-refractivity contribution in [2.45, 2.75) is 6.54 Å². The van der Waals surface area contributed by atoms with Gasteiger partial charge in [0, 0.05) is 39.8 Å². The van der Waals surface area contributed by atoms with E-state index >= 15 is 0 Å². The number of nitrogens with one attached hydrogen (secondary N) is 1. The van der Waals surface area contributed by atoms with Gasteiger partial charge in [-0.05, 0) is 38.4 Å². The van der Waals surface area contributed by atoms with Gasteiger partial charge in [0.2, 0.25) is 0 Å². The van der Waals surface area contributed by atoms with E-state index in [1.54, 1.807) is 0 Å². The van der Waals surface area contributed by atoms with Gasteiger partial charge in [0.25, 0.3) is 5.56 Å². The van der Waals surface area contributed by atoms with E-state index in [-0.39, 0.29) is 18.0 Å². The quantitative estimate of drug-likeness (QED) is 0.580. The summed E-state index contributed by atoms with van der Waals surface area (Å²) in [7, 11) is 4.02. The number of nitrogens with zero attached hydrogens (tertiary/aromatic N) is 2. The zero-order valence-corrected chi connectivity index (χ0v) is 15.6. The molecule has 6 heteroatoms. The van der Waals surface area contributed by atoms with Gasteiger partial charge in [-0.1, -0.05) is 29.8 Å². The van der Waals surface area contributed by atoms with Crippen molar-refractivity contribution in [1.29, 1.82) is 0 Å². The molecule has 130 valence electrons. The maximum absolute atomic E-state index is 13.1. The van der Waals surface area contributed by atoms with Crippen molar-refractivity contribution in [3.05, 3.63) is 57.8 Å². The normalized spacial score (nSPS) is 11.5. The number of halogens is 2. The molecule has 0 saturated heterocycles. The lowest BCUT2D eigenvalue weighted by atomic mass is 10.1. The number of para-hydroxylation sites is 1. The molecule has 4 rings (SSSR count). The SMILES string of the molecule is CN(C)CCn1c(=O)c2[nH]c3ccc(Cl)cc3c2c2ccccc21.Cl.